The Morgan fingerprint density at radius 1 is 1.38 bits per heavy atom. The maximum Gasteiger partial charge on any atom is 0.0419 e. The van der Waals surface area contributed by atoms with Crippen LogP contribution in [0.4, 0.5) is 0 Å². The van der Waals surface area contributed by atoms with Crippen LogP contribution < -0.4 is 5.32 Å². The second-order valence-corrected chi connectivity index (χ2v) is 3.35. The number of rotatable bonds is 6. The maximum absolute atomic E-state index is 4.23. The van der Waals surface area contributed by atoms with E-state index in [2.05, 4.69) is 44.1 Å². The summed E-state index contributed by atoms with van der Waals surface area (Å²) in [6, 6.07) is 0.426. The normalized spacial score (nSPS) is 13.2. The molecule has 1 unspecified atom stereocenters. The molecule has 0 heterocycles. The maximum atomic E-state index is 4.23. The van der Waals surface area contributed by atoms with Gasteiger partial charge in [0.25, 0.3) is 0 Å². The minimum Gasteiger partial charge on any atom is -0.306 e. The molecular formula is C11H22N2. The van der Waals surface area contributed by atoms with Crippen molar-refractivity contribution < 1.29 is 0 Å². The summed E-state index contributed by atoms with van der Waals surface area (Å²) in [5.74, 6) is 0. The first-order valence-corrected chi connectivity index (χ1v) is 5.07. The third kappa shape index (κ3) is 7.72. The van der Waals surface area contributed by atoms with Gasteiger partial charge in [-0.2, -0.15) is 0 Å². The summed E-state index contributed by atoms with van der Waals surface area (Å²) < 4.78 is 0. The molecule has 0 aliphatic rings. The Balaban J connectivity index is 3.72. The lowest BCUT2D eigenvalue weighted by molar-refractivity contribution is 0.651. The van der Waals surface area contributed by atoms with Gasteiger partial charge in [-0.25, -0.2) is 0 Å². The van der Waals surface area contributed by atoms with Gasteiger partial charge in [0.15, 0.2) is 0 Å². The molecule has 0 rings (SSSR count). The van der Waals surface area contributed by atoms with Gasteiger partial charge < -0.3 is 5.32 Å². The second kappa shape index (κ2) is 7.99. The van der Waals surface area contributed by atoms with E-state index in [1.165, 1.54) is 5.57 Å². The first-order chi connectivity index (χ1) is 6.20. The van der Waals surface area contributed by atoms with Crippen LogP contribution in [-0.4, -0.2) is 25.3 Å². The van der Waals surface area contributed by atoms with Gasteiger partial charge in [0, 0.05) is 25.3 Å². The molecule has 76 valence electrons. The van der Waals surface area contributed by atoms with Gasteiger partial charge in [-0.1, -0.05) is 18.6 Å². The zero-order valence-electron chi connectivity index (χ0n) is 9.30. The van der Waals surface area contributed by atoms with Gasteiger partial charge in [-0.05, 0) is 27.2 Å². The van der Waals surface area contributed by atoms with Crippen LogP contribution in [0.15, 0.2) is 16.6 Å². The Labute approximate surface area is 82.1 Å². The molecule has 0 radical (unpaired) electrons. The molecule has 0 saturated heterocycles. The Hall–Kier alpha value is -0.630. The Morgan fingerprint density at radius 3 is 2.54 bits per heavy atom. The Kier molecular flexibility index (Phi) is 7.60. The van der Waals surface area contributed by atoms with E-state index in [9.17, 15) is 0 Å². The zero-order valence-corrected chi connectivity index (χ0v) is 9.30. The molecule has 1 N–H and O–H groups in total. The number of allylic oxidation sites excluding steroid dienone is 1. The molecule has 1 atom stereocenters. The summed E-state index contributed by atoms with van der Waals surface area (Å²) >= 11 is 0. The summed E-state index contributed by atoms with van der Waals surface area (Å²) in [5.41, 5.74) is 1.36. The predicted octanol–water partition coefficient (Wildman–Crippen LogP) is 2.41. The van der Waals surface area contributed by atoms with Crippen LogP contribution in [0.25, 0.3) is 0 Å². The van der Waals surface area contributed by atoms with E-state index in [0.717, 1.165) is 19.5 Å². The molecule has 0 amide bonds. The van der Waals surface area contributed by atoms with Gasteiger partial charge in [0.05, 0.1) is 0 Å². The molecule has 2 heteroatoms. The van der Waals surface area contributed by atoms with Crippen molar-refractivity contribution in [1.29, 1.82) is 0 Å². The lowest BCUT2D eigenvalue weighted by atomic mass is 10.2. The summed E-state index contributed by atoms with van der Waals surface area (Å²) in [6.45, 7) is 10.3. The van der Waals surface area contributed by atoms with Gasteiger partial charge in [0.1, 0.15) is 0 Å². The molecule has 13 heavy (non-hydrogen) atoms. The van der Waals surface area contributed by atoms with Crippen LogP contribution >= 0.6 is 0 Å². The highest BCUT2D eigenvalue weighted by atomic mass is 14.9. The predicted molar refractivity (Wildman–Crippen MR) is 60.5 cm³/mol. The first-order valence-electron chi connectivity index (χ1n) is 5.07. The van der Waals surface area contributed by atoms with E-state index in [1.807, 2.05) is 6.21 Å². The summed E-state index contributed by atoms with van der Waals surface area (Å²) in [7, 11) is 0. The van der Waals surface area contributed by atoms with Gasteiger partial charge in [-0.3, -0.25) is 4.99 Å². The minimum absolute atomic E-state index is 0.426. The quantitative estimate of drug-likeness (QED) is 0.495. The van der Waals surface area contributed by atoms with Crippen molar-refractivity contribution >= 4 is 6.21 Å². The van der Waals surface area contributed by atoms with Crippen molar-refractivity contribution in [2.45, 2.75) is 40.2 Å². The molecule has 0 aliphatic carbocycles. The molecule has 0 aromatic rings. The van der Waals surface area contributed by atoms with Crippen molar-refractivity contribution in [1.82, 2.24) is 5.32 Å². The molecule has 0 fully saturated rings. The molecule has 0 aromatic heterocycles. The van der Waals surface area contributed by atoms with Crippen molar-refractivity contribution in [3.05, 3.63) is 11.6 Å². The van der Waals surface area contributed by atoms with E-state index in [4.69, 9.17) is 0 Å². The lowest BCUT2D eigenvalue weighted by Gasteiger charge is -2.09. The highest BCUT2D eigenvalue weighted by Gasteiger charge is 1.98. The molecule has 0 spiro atoms. The standard InChI is InChI=1S/C11H22N2/c1-5-11(9-12-6-2)13-8-7-10(3)4/h7,9,11,13H,5-6,8H2,1-4H3/b12-9+. The molecule has 0 aliphatic heterocycles. The summed E-state index contributed by atoms with van der Waals surface area (Å²) in [5, 5.41) is 3.41. The topological polar surface area (TPSA) is 24.4 Å². The third-order valence-electron chi connectivity index (χ3n) is 1.80. The molecule has 2 nitrogen and oxygen atoms in total. The van der Waals surface area contributed by atoms with Gasteiger partial charge in [0.2, 0.25) is 0 Å². The monoisotopic (exact) mass is 182 g/mol. The van der Waals surface area contributed by atoms with Gasteiger partial charge in [-0.15, -0.1) is 0 Å². The fraction of sp³-hybridized carbons (Fsp3) is 0.727. The van der Waals surface area contributed by atoms with E-state index < -0.39 is 0 Å². The summed E-state index contributed by atoms with van der Waals surface area (Å²) in [6.07, 6.45) is 5.31. The number of hydrogen-bond acceptors (Lipinski definition) is 2. The fourth-order valence-electron chi connectivity index (χ4n) is 0.950. The van der Waals surface area contributed by atoms with Crippen molar-refractivity contribution in [2.75, 3.05) is 13.1 Å². The van der Waals surface area contributed by atoms with Crippen LogP contribution in [0.1, 0.15) is 34.1 Å². The smallest absolute Gasteiger partial charge is 0.0419 e. The number of nitrogens with zero attached hydrogens (tertiary/aromatic N) is 1. The molecule has 0 aromatic carbocycles. The van der Waals surface area contributed by atoms with Gasteiger partial charge >= 0.3 is 0 Å². The van der Waals surface area contributed by atoms with Crippen LogP contribution in [0.3, 0.4) is 0 Å². The largest absolute Gasteiger partial charge is 0.306 e. The molecule has 0 saturated carbocycles. The van der Waals surface area contributed by atoms with Crippen LogP contribution in [0.2, 0.25) is 0 Å². The van der Waals surface area contributed by atoms with E-state index in [-0.39, 0.29) is 0 Å². The van der Waals surface area contributed by atoms with Crippen molar-refractivity contribution in [3.8, 4) is 0 Å². The van der Waals surface area contributed by atoms with E-state index >= 15 is 0 Å². The molecule has 0 bridgehead atoms. The fourth-order valence-corrected chi connectivity index (χ4v) is 0.950. The zero-order chi connectivity index (χ0) is 10.1. The number of nitrogens with one attached hydrogen (secondary N) is 1. The highest BCUT2D eigenvalue weighted by molar-refractivity contribution is 5.64. The lowest BCUT2D eigenvalue weighted by Crippen LogP contribution is -2.30. The molecular weight excluding hydrogens is 160 g/mol. The minimum atomic E-state index is 0.426. The number of hydrogen-bond donors (Lipinski definition) is 1. The SMILES string of the molecule is CC/N=C/C(CC)NCC=C(C)C. The average molecular weight is 182 g/mol. The summed E-state index contributed by atoms with van der Waals surface area (Å²) in [4.78, 5) is 4.23. The second-order valence-electron chi connectivity index (χ2n) is 3.35. The third-order valence-corrected chi connectivity index (χ3v) is 1.80. The van der Waals surface area contributed by atoms with E-state index in [0.29, 0.717) is 6.04 Å². The van der Waals surface area contributed by atoms with Crippen LogP contribution in [0, 0.1) is 0 Å². The average Bonchev–Trinajstić information content (AvgIpc) is 2.10. The Bertz CT molecular complexity index is 167. The van der Waals surface area contributed by atoms with E-state index in [1.54, 1.807) is 0 Å². The number of aliphatic imine (C=N–C) groups is 1. The van der Waals surface area contributed by atoms with Crippen molar-refractivity contribution in [2.24, 2.45) is 4.99 Å². The highest BCUT2D eigenvalue weighted by Crippen LogP contribution is 1.90. The van der Waals surface area contributed by atoms with Crippen molar-refractivity contribution in [3.63, 3.8) is 0 Å². The first kappa shape index (κ1) is 12.4. The Morgan fingerprint density at radius 2 is 2.08 bits per heavy atom. The van der Waals surface area contributed by atoms with Crippen LogP contribution in [0.5, 0.6) is 0 Å². The van der Waals surface area contributed by atoms with Crippen LogP contribution in [-0.2, 0) is 0 Å².